The van der Waals surface area contributed by atoms with E-state index in [0.717, 1.165) is 47.0 Å². The highest BCUT2D eigenvalue weighted by atomic mass is 32.2. The van der Waals surface area contributed by atoms with Crippen LogP contribution in [-0.2, 0) is 9.84 Å². The van der Waals surface area contributed by atoms with E-state index in [4.69, 9.17) is 9.68 Å². The molecule has 9 nitrogen and oxygen atoms in total. The first-order valence-corrected chi connectivity index (χ1v) is 12.9. The number of aromatic amines is 1. The highest BCUT2D eigenvalue weighted by Gasteiger charge is 2.31. The van der Waals surface area contributed by atoms with Crippen molar-refractivity contribution in [2.45, 2.75) is 34.8 Å². The highest BCUT2D eigenvalue weighted by molar-refractivity contribution is 7.97. The molecule has 3 aromatic heterocycles. The zero-order valence-electron chi connectivity index (χ0n) is 17.6. The molecule has 0 aliphatic heterocycles. The average Bonchev–Trinajstić information content (AvgIpc) is 3.45. The minimum Gasteiger partial charge on any atom is -0.443 e. The minimum atomic E-state index is -3.47. The van der Waals surface area contributed by atoms with Gasteiger partial charge < -0.3 is 14.7 Å². The maximum atomic E-state index is 11.8. The fraction of sp³-hybridized carbons (Fsp3) is 0.227. The molecule has 0 bridgehead atoms. The number of sulfone groups is 1. The number of nitrogens with zero attached hydrogens (tertiary/aromatic N) is 3. The Morgan fingerprint density at radius 3 is 2.88 bits per heavy atom. The molecule has 0 atom stereocenters. The zero-order valence-corrected chi connectivity index (χ0v) is 19.2. The van der Waals surface area contributed by atoms with Gasteiger partial charge in [0, 0.05) is 41.0 Å². The number of pyridine rings is 1. The van der Waals surface area contributed by atoms with Crippen LogP contribution in [-0.4, -0.2) is 41.7 Å². The van der Waals surface area contributed by atoms with Crippen molar-refractivity contribution in [2.24, 2.45) is 0 Å². The summed E-state index contributed by atoms with van der Waals surface area (Å²) in [7, 11) is -3.47. The predicted molar refractivity (Wildman–Crippen MR) is 125 cm³/mol. The van der Waals surface area contributed by atoms with Gasteiger partial charge in [0.2, 0.25) is 5.89 Å². The van der Waals surface area contributed by atoms with Crippen molar-refractivity contribution in [3.05, 3.63) is 54.6 Å². The average molecular weight is 481 g/mol. The predicted octanol–water partition coefficient (Wildman–Crippen LogP) is 3.73. The smallest absolute Gasteiger partial charge is 0.230 e. The topological polar surface area (TPSA) is 137 Å². The number of fused-ring (bicyclic) bond motifs is 1. The Bertz CT molecular complexity index is 1460. The number of hydrogen-bond donors (Lipinski definition) is 3. The van der Waals surface area contributed by atoms with E-state index in [1.165, 1.54) is 11.9 Å². The van der Waals surface area contributed by atoms with Gasteiger partial charge in [0.15, 0.2) is 14.9 Å². The number of hydrogen-bond acceptors (Lipinski definition) is 9. The number of anilines is 1. The number of nitriles is 1. The van der Waals surface area contributed by atoms with Crippen LogP contribution in [0, 0.1) is 11.3 Å². The van der Waals surface area contributed by atoms with E-state index in [1.807, 2.05) is 24.3 Å². The van der Waals surface area contributed by atoms with E-state index in [0.29, 0.717) is 17.2 Å². The molecule has 0 amide bonds. The summed E-state index contributed by atoms with van der Waals surface area (Å²) < 4.78 is 32.6. The monoisotopic (exact) mass is 480 g/mol. The van der Waals surface area contributed by atoms with E-state index >= 15 is 0 Å². The van der Waals surface area contributed by atoms with Gasteiger partial charge in [-0.3, -0.25) is 4.72 Å². The van der Waals surface area contributed by atoms with Gasteiger partial charge in [-0.1, -0.05) is 6.07 Å². The van der Waals surface area contributed by atoms with Crippen molar-refractivity contribution in [3.8, 4) is 17.5 Å². The zero-order chi connectivity index (χ0) is 23.0. The lowest BCUT2D eigenvalue weighted by molar-refractivity contribution is 0.355. The summed E-state index contributed by atoms with van der Waals surface area (Å²) in [6.45, 7) is 0. The number of benzene rings is 1. The second kappa shape index (κ2) is 8.55. The van der Waals surface area contributed by atoms with E-state index < -0.39 is 9.84 Å². The van der Waals surface area contributed by atoms with Crippen LogP contribution in [0.2, 0.25) is 0 Å². The molecule has 1 aliphatic carbocycles. The molecule has 1 fully saturated rings. The molecule has 1 saturated carbocycles. The normalized spacial score (nSPS) is 18.1. The quantitative estimate of drug-likeness (QED) is 0.338. The Balaban J connectivity index is 1.30. The lowest BCUT2D eigenvalue weighted by Gasteiger charge is -2.37. The van der Waals surface area contributed by atoms with Gasteiger partial charge in [-0.15, -0.1) is 0 Å². The SMILES string of the molecule is CS(=O)(=O)c1coc(-c2cnc3[nH]ccc3c2NC2CC(NSc3cccc(C#N)c3)C2)n1. The summed E-state index contributed by atoms with van der Waals surface area (Å²) in [5.74, 6) is 0.204. The van der Waals surface area contributed by atoms with Crippen molar-refractivity contribution in [1.82, 2.24) is 19.7 Å². The molecule has 0 saturated heterocycles. The molecule has 0 spiro atoms. The molecule has 3 N–H and O–H groups in total. The summed E-state index contributed by atoms with van der Waals surface area (Å²) in [4.78, 5) is 12.7. The molecule has 3 heterocycles. The fourth-order valence-corrected chi connectivity index (χ4v) is 4.99. The maximum absolute atomic E-state index is 11.8. The Hall–Kier alpha value is -3.33. The van der Waals surface area contributed by atoms with Crippen molar-refractivity contribution in [3.63, 3.8) is 0 Å². The summed E-state index contributed by atoms with van der Waals surface area (Å²) in [6.07, 6.45) is 7.49. The molecule has 4 aromatic rings. The Morgan fingerprint density at radius 1 is 1.27 bits per heavy atom. The van der Waals surface area contributed by atoms with Gasteiger partial charge in [0.1, 0.15) is 11.9 Å². The Morgan fingerprint density at radius 2 is 2.12 bits per heavy atom. The first-order valence-electron chi connectivity index (χ1n) is 10.2. The van der Waals surface area contributed by atoms with Gasteiger partial charge in [-0.05, 0) is 49.1 Å². The Kier molecular flexibility index (Phi) is 5.57. The summed E-state index contributed by atoms with van der Waals surface area (Å²) >= 11 is 1.53. The van der Waals surface area contributed by atoms with E-state index in [-0.39, 0.29) is 17.0 Å². The molecule has 1 aliphatic rings. The summed E-state index contributed by atoms with van der Waals surface area (Å²) in [6, 6.07) is 12.1. The molecule has 1 aromatic carbocycles. The number of aromatic nitrogens is 3. The molecule has 5 rings (SSSR count). The molecular weight excluding hydrogens is 460 g/mol. The summed E-state index contributed by atoms with van der Waals surface area (Å²) in [5, 5.41) is 13.4. The maximum Gasteiger partial charge on any atom is 0.230 e. The molecule has 0 radical (unpaired) electrons. The van der Waals surface area contributed by atoms with Crippen LogP contribution >= 0.6 is 11.9 Å². The largest absolute Gasteiger partial charge is 0.443 e. The van der Waals surface area contributed by atoms with E-state index in [9.17, 15) is 8.42 Å². The minimum absolute atomic E-state index is 0.108. The molecule has 168 valence electrons. The van der Waals surface area contributed by atoms with E-state index in [2.05, 4.69) is 31.1 Å². The third-order valence-electron chi connectivity index (χ3n) is 5.47. The van der Waals surface area contributed by atoms with Crippen LogP contribution in [0.15, 0.2) is 63.3 Å². The molecule has 0 unspecified atom stereocenters. The number of oxazole rings is 1. The lowest BCUT2D eigenvalue weighted by Crippen LogP contribution is -2.45. The van der Waals surface area contributed by atoms with E-state index in [1.54, 1.807) is 18.5 Å². The third kappa shape index (κ3) is 4.45. The first-order chi connectivity index (χ1) is 15.9. The van der Waals surface area contributed by atoms with Crippen LogP contribution in [0.4, 0.5) is 5.69 Å². The number of rotatable bonds is 7. The standard InChI is InChI=1S/C22H20N6O3S2/c1-33(29,30)19-12-31-22(27-19)18-11-25-21-17(5-6-24-21)20(18)26-14-8-15(9-14)28-32-16-4-2-3-13(7-16)10-23/h2-7,11-12,14-15,28H,8-9H2,1H3,(H2,24,25,26). The highest BCUT2D eigenvalue weighted by Crippen LogP contribution is 2.36. The van der Waals surface area contributed by atoms with Crippen molar-refractivity contribution in [1.29, 1.82) is 5.26 Å². The van der Waals surface area contributed by atoms with Gasteiger partial charge >= 0.3 is 0 Å². The summed E-state index contributed by atoms with van der Waals surface area (Å²) in [5.41, 5.74) is 2.77. The van der Waals surface area contributed by atoms with Crippen LogP contribution in [0.25, 0.3) is 22.5 Å². The second-order valence-electron chi connectivity index (χ2n) is 7.92. The number of nitrogens with one attached hydrogen (secondary N) is 3. The van der Waals surface area contributed by atoms with Crippen molar-refractivity contribution in [2.75, 3.05) is 11.6 Å². The third-order valence-corrected chi connectivity index (χ3v) is 7.36. The first kappa shape index (κ1) is 21.5. The van der Waals surface area contributed by atoms with Gasteiger partial charge in [-0.2, -0.15) is 10.2 Å². The fourth-order valence-electron chi connectivity index (χ4n) is 3.70. The van der Waals surface area contributed by atoms with Crippen LogP contribution < -0.4 is 10.0 Å². The van der Waals surface area contributed by atoms with Gasteiger partial charge in [0.25, 0.3) is 0 Å². The molecule has 11 heteroatoms. The number of H-pyrrole nitrogens is 1. The molecule has 33 heavy (non-hydrogen) atoms. The van der Waals surface area contributed by atoms with Crippen molar-refractivity contribution >= 4 is 38.5 Å². The van der Waals surface area contributed by atoms with Crippen molar-refractivity contribution < 1.29 is 12.8 Å². The Labute approximate surface area is 194 Å². The van der Waals surface area contributed by atoms with Crippen LogP contribution in [0.3, 0.4) is 0 Å². The lowest BCUT2D eigenvalue weighted by atomic mass is 9.87. The van der Waals surface area contributed by atoms with Gasteiger partial charge in [-0.25, -0.2) is 13.4 Å². The van der Waals surface area contributed by atoms with Crippen LogP contribution in [0.5, 0.6) is 0 Å². The second-order valence-corrected chi connectivity index (χ2v) is 10.8. The van der Waals surface area contributed by atoms with Gasteiger partial charge in [0.05, 0.1) is 22.9 Å². The van der Waals surface area contributed by atoms with Crippen LogP contribution in [0.1, 0.15) is 18.4 Å². The molecular formula is C22H20N6O3S2.